The van der Waals surface area contributed by atoms with E-state index >= 15 is 51.1 Å². The third-order valence-corrected chi connectivity index (χ3v) is 24.8. The van der Waals surface area contributed by atoms with Crippen molar-refractivity contribution < 1.29 is 106 Å². The molecule has 5 saturated carbocycles. The number of carbonyl (C=O) groups is 12. The molecular formula is C76H114F10N12O13. The van der Waals surface area contributed by atoms with Gasteiger partial charge in [0.25, 0.3) is 5.92 Å². The second-order valence-corrected chi connectivity index (χ2v) is 32.7. The average molecular weight is 1590 g/mol. The highest BCUT2D eigenvalue weighted by molar-refractivity contribution is 6.01. The SMILES string of the molecule is CCO[C@@H]1C[C@H]2C(=O)NC3(CC(F)(F)C3)C(=O)N(C)[C@@H](C3CCCC3)C(=O)N(C)[C@H](C(=O)N(C)CC)CC(=O)N(C)[C@@H](CC3CC3)C(=O)N[C@@H]([C@@H](C)CC)C(=O)N(C)CC(=O)N(C)[C@H]3C/C=C\CCN(C3=O)[C@@H](CC3CCC(C(F)(F)F)CC3)C(=O)N(C)CC(=O)N[C@@H](CCC3CC(F)C(C(F)(F)F)C(F)C3)C(=O)N2C1. The van der Waals surface area contributed by atoms with E-state index in [1.807, 2.05) is 0 Å². The maximum Gasteiger partial charge on any atom is 0.397 e. The zero-order chi connectivity index (χ0) is 82.3. The van der Waals surface area contributed by atoms with Gasteiger partial charge in [-0.25, -0.2) is 17.6 Å². The summed E-state index contributed by atoms with van der Waals surface area (Å²) in [6.45, 7) is 4.46. The Hall–Kier alpha value is -7.36. The van der Waals surface area contributed by atoms with Crippen LogP contribution in [0.2, 0.25) is 0 Å². The third kappa shape index (κ3) is 21.5. The van der Waals surface area contributed by atoms with Gasteiger partial charge in [0.05, 0.1) is 31.5 Å². The second kappa shape index (κ2) is 37.3. The van der Waals surface area contributed by atoms with E-state index in [9.17, 15) is 50.3 Å². The van der Waals surface area contributed by atoms with Crippen LogP contribution in [0.4, 0.5) is 43.9 Å². The van der Waals surface area contributed by atoms with E-state index in [2.05, 4.69) is 16.0 Å². The summed E-state index contributed by atoms with van der Waals surface area (Å²) in [5.74, 6) is -22.3. The summed E-state index contributed by atoms with van der Waals surface area (Å²) < 4.78 is 153. The molecule has 3 aliphatic heterocycles. The van der Waals surface area contributed by atoms with Gasteiger partial charge in [-0.1, -0.05) is 58.1 Å². The standard InChI is InChI=1S/C76H114F10N12O13/c1-12-43(4)62-70(108)92(7)40-60(101)93(8)53-22-16-15-19-31-97(69(53)107)57(35-45-25-28-48(29-26-45)75(81,82)83)68(106)91(6)39-58(99)87-52(30-27-46-32-50(77)61(51(78)33-46)76(84,85)86)66(104)98-38-49(111-14-3)36-55(98)65(103)89-73(41-74(79,80)42-73)72(110)96(11)63(47-20-17-18-21-47)71(109)95(10)56(67(105)90(5)13-2)37-59(100)94(9)54(64(102)88-62)34-44-23-24-44/h15-16,43-57,61-63H,12-14,17-42H2,1-11H3,(H,87,99)(H,88,102)(H,89,103)/b16-15-/t43-,45?,46?,48?,49+,50?,51?,52-,53-,54-,55-,56-,57-,61?,62-,63-/m0/s1. The summed E-state index contributed by atoms with van der Waals surface area (Å²) >= 11 is 0. The molecule has 3 N–H and O–H groups in total. The highest BCUT2D eigenvalue weighted by atomic mass is 19.4. The number of nitrogens with one attached hydrogen (secondary N) is 3. The van der Waals surface area contributed by atoms with Crippen LogP contribution >= 0.6 is 0 Å². The van der Waals surface area contributed by atoms with Gasteiger partial charge >= 0.3 is 12.4 Å². The number of hydrogen-bond acceptors (Lipinski definition) is 13. The lowest BCUT2D eigenvalue weighted by atomic mass is 9.71. The smallest absolute Gasteiger partial charge is 0.377 e. The minimum absolute atomic E-state index is 0.0186. The highest BCUT2D eigenvalue weighted by Crippen LogP contribution is 2.49. The number of nitrogens with zero attached hydrogens (tertiary/aromatic N) is 9. The molecule has 2 unspecified atom stereocenters. The van der Waals surface area contributed by atoms with Crippen molar-refractivity contribution in [2.45, 2.75) is 266 Å². The summed E-state index contributed by atoms with van der Waals surface area (Å²) in [4.78, 5) is 191. The number of alkyl halides is 10. The minimum atomic E-state index is -5.26. The lowest BCUT2D eigenvalue weighted by Crippen LogP contribution is -2.72. The lowest BCUT2D eigenvalue weighted by molar-refractivity contribution is -0.219. The van der Waals surface area contributed by atoms with Gasteiger partial charge in [-0.3, -0.25) is 57.5 Å². The van der Waals surface area contributed by atoms with Crippen molar-refractivity contribution in [1.82, 2.24) is 60.0 Å². The number of rotatable bonds is 14. The largest absolute Gasteiger partial charge is 0.397 e. The predicted octanol–water partition coefficient (Wildman–Crippen LogP) is 6.74. The van der Waals surface area contributed by atoms with E-state index in [1.165, 1.54) is 52.1 Å². The van der Waals surface area contributed by atoms with E-state index < -0.39 is 262 Å². The molecule has 8 aliphatic rings. The lowest BCUT2D eigenvalue weighted by Gasteiger charge is -2.50. The molecule has 7 fully saturated rings. The Balaban J connectivity index is 1.22. The van der Waals surface area contributed by atoms with Gasteiger partial charge in [0.1, 0.15) is 72.1 Å². The van der Waals surface area contributed by atoms with Gasteiger partial charge < -0.3 is 64.8 Å². The fraction of sp³-hybridized carbons (Fsp3) is 0.816. The normalized spacial score (nSPS) is 32.5. The maximum absolute atomic E-state index is 15.8. The molecule has 8 rings (SSSR count). The summed E-state index contributed by atoms with van der Waals surface area (Å²) in [7, 11) is 8.99. The zero-order valence-corrected chi connectivity index (χ0v) is 65.7. The summed E-state index contributed by atoms with van der Waals surface area (Å²) in [5.41, 5.74) is -2.50. The number of carbonyl (C=O) groups excluding carboxylic acids is 12. The monoisotopic (exact) mass is 1590 g/mol. The molecule has 1 spiro atoms. The van der Waals surface area contributed by atoms with Crippen LogP contribution in [0, 0.1) is 41.4 Å². The Morgan fingerprint density at radius 1 is 0.631 bits per heavy atom. The van der Waals surface area contributed by atoms with Crippen LogP contribution in [0.5, 0.6) is 0 Å². The maximum atomic E-state index is 15.8. The molecule has 0 aromatic rings. The summed E-state index contributed by atoms with van der Waals surface area (Å²) in [6.07, 6.45) is -16.7. The Morgan fingerprint density at radius 2 is 1.23 bits per heavy atom. The third-order valence-electron chi connectivity index (χ3n) is 24.8. The number of likely N-dealkylation sites (N-methyl/N-ethyl adjacent to an activating group) is 7. The molecule has 0 radical (unpaired) electrons. The Kier molecular flexibility index (Phi) is 30.0. The summed E-state index contributed by atoms with van der Waals surface area (Å²) in [6, 6.07) is -12.3. The molecular weight excluding hydrogens is 1480 g/mol. The summed E-state index contributed by atoms with van der Waals surface area (Å²) in [5, 5.41) is 7.90. The van der Waals surface area contributed by atoms with Gasteiger partial charge in [0.15, 0.2) is 0 Å². The van der Waals surface area contributed by atoms with Crippen molar-refractivity contribution in [3.05, 3.63) is 12.2 Å². The fourth-order valence-corrected chi connectivity index (χ4v) is 17.5. The molecule has 3 heterocycles. The number of hydrogen-bond donors (Lipinski definition) is 3. The Labute approximate surface area is 643 Å². The molecule has 2 bridgehead atoms. The van der Waals surface area contributed by atoms with Crippen LogP contribution in [-0.4, -0.2) is 294 Å². The van der Waals surface area contributed by atoms with E-state index in [0.29, 0.717) is 44.9 Å². The van der Waals surface area contributed by atoms with E-state index in [1.54, 1.807) is 39.8 Å². The van der Waals surface area contributed by atoms with Gasteiger partial charge in [0, 0.05) is 94.8 Å². The van der Waals surface area contributed by atoms with E-state index in [-0.39, 0.29) is 83.4 Å². The van der Waals surface area contributed by atoms with Gasteiger partial charge in [-0.2, -0.15) is 26.3 Å². The first-order valence-electron chi connectivity index (χ1n) is 39.4. The molecule has 12 amide bonds. The van der Waals surface area contributed by atoms with Crippen LogP contribution < -0.4 is 16.0 Å². The quantitative estimate of drug-likeness (QED) is 0.120. The first kappa shape index (κ1) is 89.2. The van der Waals surface area contributed by atoms with Crippen molar-refractivity contribution in [1.29, 1.82) is 0 Å². The molecule has 111 heavy (non-hydrogen) atoms. The molecule has 626 valence electrons. The second-order valence-electron chi connectivity index (χ2n) is 32.7. The molecule has 35 heteroatoms. The number of halogens is 10. The van der Waals surface area contributed by atoms with Crippen molar-refractivity contribution in [2.24, 2.45) is 41.4 Å². The number of ether oxygens (including phenoxy) is 1. The molecule has 25 nitrogen and oxygen atoms in total. The topological polar surface area (TPSA) is 279 Å². The molecule has 0 aromatic carbocycles. The Morgan fingerprint density at radius 3 is 1.78 bits per heavy atom. The van der Waals surface area contributed by atoms with Crippen LogP contribution in [0.15, 0.2) is 12.2 Å². The minimum Gasteiger partial charge on any atom is -0.377 e. The fourth-order valence-electron chi connectivity index (χ4n) is 17.5. The van der Waals surface area contributed by atoms with Gasteiger partial charge in [-0.05, 0) is 133 Å². The zero-order valence-electron chi connectivity index (χ0n) is 65.7. The first-order valence-corrected chi connectivity index (χ1v) is 39.4. The molecule has 5 aliphatic carbocycles. The van der Waals surface area contributed by atoms with E-state index in [0.717, 1.165) is 41.3 Å². The average Bonchev–Trinajstić information content (AvgIpc) is 1.30. The molecule has 0 aromatic heterocycles. The number of fused-ring (bicyclic) bond motifs is 3. The molecule has 12 atom stereocenters. The molecule has 2 saturated heterocycles. The van der Waals surface area contributed by atoms with Crippen molar-refractivity contribution in [3.63, 3.8) is 0 Å². The van der Waals surface area contributed by atoms with Crippen molar-refractivity contribution >= 4 is 70.9 Å². The Bertz CT molecular complexity index is 3370. The van der Waals surface area contributed by atoms with Crippen LogP contribution in [0.1, 0.15) is 175 Å². The first-order chi connectivity index (χ1) is 52.0. The van der Waals surface area contributed by atoms with Gasteiger partial charge in [-0.15, -0.1) is 0 Å². The van der Waals surface area contributed by atoms with Crippen LogP contribution in [0.25, 0.3) is 0 Å². The predicted molar refractivity (Wildman–Crippen MR) is 384 cm³/mol. The number of amides is 12. The van der Waals surface area contributed by atoms with Gasteiger partial charge in [0.2, 0.25) is 70.9 Å². The van der Waals surface area contributed by atoms with Crippen molar-refractivity contribution in [3.8, 4) is 0 Å². The van der Waals surface area contributed by atoms with Crippen LogP contribution in [0.3, 0.4) is 0 Å². The highest BCUT2D eigenvalue weighted by Gasteiger charge is 2.65. The van der Waals surface area contributed by atoms with Crippen molar-refractivity contribution in [2.75, 3.05) is 88.7 Å². The van der Waals surface area contributed by atoms with E-state index in [4.69, 9.17) is 4.74 Å². The van der Waals surface area contributed by atoms with Crippen LogP contribution in [-0.2, 0) is 62.3 Å².